The Balaban J connectivity index is 2.47. The first-order valence-corrected chi connectivity index (χ1v) is 6.43. The quantitative estimate of drug-likeness (QED) is 0.817. The van der Waals surface area contributed by atoms with Gasteiger partial charge in [0.2, 0.25) is 0 Å². The Kier molecular flexibility index (Phi) is 3.20. The first-order valence-electron chi connectivity index (χ1n) is 6.43. The normalized spacial score (nSPS) is 22.9. The molecule has 96 valence electrons. The second-order valence-electron chi connectivity index (χ2n) is 5.09. The summed E-state index contributed by atoms with van der Waals surface area (Å²) >= 11 is 0. The van der Waals surface area contributed by atoms with Crippen LogP contribution in [-0.2, 0) is 16.8 Å². The van der Waals surface area contributed by atoms with Gasteiger partial charge in [-0.3, -0.25) is 4.79 Å². The zero-order valence-electron chi connectivity index (χ0n) is 11.1. The van der Waals surface area contributed by atoms with E-state index in [1.165, 1.54) is 0 Å². The molecular weight excluding hydrogens is 228 g/mol. The molecule has 0 saturated carbocycles. The number of nitriles is 1. The van der Waals surface area contributed by atoms with E-state index in [1.54, 1.807) is 11.6 Å². The van der Waals surface area contributed by atoms with Crippen LogP contribution in [0, 0.1) is 11.3 Å². The average Bonchev–Trinajstić information content (AvgIpc) is 2.75. The predicted octanol–water partition coefficient (Wildman–Crippen LogP) is 1.94. The first kappa shape index (κ1) is 12.7. The molecule has 0 aliphatic carbocycles. The van der Waals surface area contributed by atoms with E-state index < -0.39 is 5.54 Å². The second kappa shape index (κ2) is 4.52. The molecule has 0 spiro atoms. The van der Waals surface area contributed by atoms with Gasteiger partial charge in [-0.1, -0.05) is 13.8 Å². The molecule has 1 atom stereocenters. The lowest BCUT2D eigenvalue weighted by molar-refractivity contribution is -0.121. The van der Waals surface area contributed by atoms with E-state index in [0.717, 1.165) is 18.7 Å². The number of ketones is 1. The summed E-state index contributed by atoms with van der Waals surface area (Å²) < 4.78 is 1.65. The molecule has 5 nitrogen and oxygen atoms in total. The van der Waals surface area contributed by atoms with E-state index in [9.17, 15) is 10.1 Å². The van der Waals surface area contributed by atoms with Crippen molar-refractivity contribution >= 4 is 5.78 Å². The van der Waals surface area contributed by atoms with Crippen LogP contribution in [0.4, 0.5) is 0 Å². The fraction of sp³-hybridized carbons (Fsp3) is 0.692. The molecule has 1 aliphatic rings. The molecule has 0 radical (unpaired) electrons. The summed E-state index contributed by atoms with van der Waals surface area (Å²) in [5, 5.41) is 13.8. The molecule has 0 aromatic carbocycles. The summed E-state index contributed by atoms with van der Waals surface area (Å²) in [4.78, 5) is 16.2. The van der Waals surface area contributed by atoms with E-state index in [4.69, 9.17) is 0 Å². The fourth-order valence-corrected chi connectivity index (χ4v) is 2.48. The molecule has 0 bridgehead atoms. The third kappa shape index (κ3) is 1.92. The van der Waals surface area contributed by atoms with Gasteiger partial charge in [0.15, 0.2) is 11.4 Å². The van der Waals surface area contributed by atoms with Gasteiger partial charge >= 0.3 is 0 Å². The third-order valence-electron chi connectivity index (χ3n) is 3.65. The number of hydrogen-bond acceptors (Lipinski definition) is 4. The zero-order chi connectivity index (χ0) is 13.3. The van der Waals surface area contributed by atoms with Crippen molar-refractivity contribution in [3.05, 3.63) is 11.6 Å². The van der Waals surface area contributed by atoms with E-state index in [1.807, 2.05) is 0 Å². The number of fused-ring (bicyclic) bond motifs is 1. The molecule has 2 rings (SSSR count). The molecule has 0 amide bonds. The second-order valence-corrected chi connectivity index (χ2v) is 5.09. The van der Waals surface area contributed by atoms with Crippen molar-refractivity contribution in [1.82, 2.24) is 14.8 Å². The molecule has 5 heteroatoms. The molecule has 1 unspecified atom stereocenters. The van der Waals surface area contributed by atoms with Gasteiger partial charge in [-0.2, -0.15) is 10.4 Å². The molecule has 0 saturated heterocycles. The van der Waals surface area contributed by atoms with Crippen LogP contribution in [-0.4, -0.2) is 20.5 Å². The van der Waals surface area contributed by atoms with Gasteiger partial charge in [0.1, 0.15) is 11.6 Å². The number of carbonyl (C=O) groups excluding carboxylic acids is 1. The third-order valence-corrected chi connectivity index (χ3v) is 3.65. The van der Waals surface area contributed by atoms with Gasteiger partial charge < -0.3 is 0 Å². The van der Waals surface area contributed by atoms with Gasteiger partial charge in [0.05, 0.1) is 12.5 Å². The summed E-state index contributed by atoms with van der Waals surface area (Å²) in [5.41, 5.74) is -0.873. The number of aromatic nitrogens is 3. The van der Waals surface area contributed by atoms with Crippen LogP contribution in [0.25, 0.3) is 0 Å². The van der Waals surface area contributed by atoms with Crippen molar-refractivity contribution in [2.24, 2.45) is 0 Å². The minimum absolute atomic E-state index is 0.0649. The van der Waals surface area contributed by atoms with E-state index in [0.29, 0.717) is 18.2 Å². The maximum Gasteiger partial charge on any atom is 0.154 e. The fourth-order valence-electron chi connectivity index (χ4n) is 2.48. The molecule has 1 aliphatic heterocycles. The van der Waals surface area contributed by atoms with Gasteiger partial charge in [0.25, 0.3) is 0 Å². The summed E-state index contributed by atoms with van der Waals surface area (Å²) in [5.74, 6) is 1.78. The molecule has 0 fully saturated rings. The summed E-state index contributed by atoms with van der Waals surface area (Å²) in [6.07, 6.45) is 2.46. The van der Waals surface area contributed by atoms with Gasteiger partial charge in [-0.05, 0) is 19.8 Å². The smallest absolute Gasteiger partial charge is 0.154 e. The van der Waals surface area contributed by atoms with Crippen molar-refractivity contribution in [3.63, 3.8) is 0 Å². The molecular formula is C13H18N4O. The largest absolute Gasteiger partial charge is 0.299 e. The van der Waals surface area contributed by atoms with Gasteiger partial charge in [0, 0.05) is 12.3 Å². The molecule has 2 heterocycles. The Hall–Kier alpha value is -1.70. The lowest BCUT2D eigenvalue weighted by atomic mass is 9.92. The van der Waals surface area contributed by atoms with Crippen molar-refractivity contribution in [3.8, 4) is 6.07 Å². The maximum atomic E-state index is 11.7. The highest BCUT2D eigenvalue weighted by Gasteiger charge is 2.38. The number of hydrogen-bond donors (Lipinski definition) is 0. The Morgan fingerprint density at radius 1 is 1.50 bits per heavy atom. The highest BCUT2D eigenvalue weighted by Crippen LogP contribution is 2.29. The standard InChI is InChI=1S/C13H18N4O/c1-4-9(5-2)12-15-11-6-10(18)7-13(3,8-14)17(11)16-12/h9H,4-7H2,1-3H3. The summed E-state index contributed by atoms with van der Waals surface area (Å²) in [7, 11) is 0. The van der Waals surface area contributed by atoms with Crippen LogP contribution in [0.1, 0.15) is 57.6 Å². The number of nitrogens with zero attached hydrogens (tertiary/aromatic N) is 4. The van der Waals surface area contributed by atoms with Crippen LogP contribution in [0.2, 0.25) is 0 Å². The summed E-state index contributed by atoms with van der Waals surface area (Å²) in [6.45, 7) is 5.95. The zero-order valence-corrected chi connectivity index (χ0v) is 11.1. The van der Waals surface area contributed by atoms with Crippen LogP contribution in [0.15, 0.2) is 0 Å². The van der Waals surface area contributed by atoms with E-state index in [-0.39, 0.29) is 12.2 Å². The van der Waals surface area contributed by atoms with Gasteiger partial charge in [-0.25, -0.2) is 9.67 Å². The van der Waals surface area contributed by atoms with Crippen LogP contribution in [0.3, 0.4) is 0 Å². The maximum absolute atomic E-state index is 11.7. The predicted molar refractivity (Wildman–Crippen MR) is 65.9 cm³/mol. The minimum atomic E-state index is -0.873. The van der Waals surface area contributed by atoms with E-state index >= 15 is 0 Å². The minimum Gasteiger partial charge on any atom is -0.299 e. The lowest BCUT2D eigenvalue weighted by Crippen LogP contribution is -2.39. The van der Waals surface area contributed by atoms with Crippen LogP contribution in [0.5, 0.6) is 0 Å². The van der Waals surface area contributed by atoms with Crippen molar-refractivity contribution in [2.75, 3.05) is 0 Å². The average molecular weight is 246 g/mol. The van der Waals surface area contributed by atoms with Crippen molar-refractivity contribution < 1.29 is 4.79 Å². The van der Waals surface area contributed by atoms with Crippen molar-refractivity contribution in [2.45, 2.75) is 57.9 Å². The molecule has 18 heavy (non-hydrogen) atoms. The Morgan fingerprint density at radius 2 is 2.17 bits per heavy atom. The molecule has 1 aromatic heterocycles. The summed E-state index contributed by atoms with van der Waals surface area (Å²) in [6, 6.07) is 2.19. The molecule has 1 aromatic rings. The number of Topliss-reactive ketones (excluding diaryl/α,β-unsaturated/α-hetero) is 1. The Morgan fingerprint density at radius 3 is 2.72 bits per heavy atom. The first-order chi connectivity index (χ1) is 8.54. The van der Waals surface area contributed by atoms with Crippen molar-refractivity contribution in [1.29, 1.82) is 5.26 Å². The number of carbonyl (C=O) groups is 1. The van der Waals surface area contributed by atoms with Crippen LogP contribution >= 0.6 is 0 Å². The molecule has 0 N–H and O–H groups in total. The lowest BCUT2D eigenvalue weighted by Gasteiger charge is -2.26. The van der Waals surface area contributed by atoms with Crippen LogP contribution < -0.4 is 0 Å². The van der Waals surface area contributed by atoms with E-state index in [2.05, 4.69) is 30.0 Å². The topological polar surface area (TPSA) is 71.6 Å². The SMILES string of the molecule is CCC(CC)c1nc2n(n1)C(C)(C#N)CC(=O)C2. The Bertz CT molecular complexity index is 510. The van der Waals surface area contributed by atoms with Gasteiger partial charge in [-0.15, -0.1) is 0 Å². The highest BCUT2D eigenvalue weighted by atomic mass is 16.1. The highest BCUT2D eigenvalue weighted by molar-refractivity contribution is 5.82. The Labute approximate surface area is 107 Å². The number of rotatable bonds is 3. The monoisotopic (exact) mass is 246 g/mol.